The molecule has 0 bridgehead atoms. The van der Waals surface area contributed by atoms with Crippen LogP contribution in [0.2, 0.25) is 0 Å². The molecule has 35 heavy (non-hydrogen) atoms. The Bertz CT molecular complexity index is 778. The Morgan fingerprint density at radius 3 is 2.63 bits per heavy atom. The summed E-state index contributed by atoms with van der Waals surface area (Å²) in [6, 6.07) is 0. The zero-order valence-electron chi connectivity index (χ0n) is 22.5. The summed E-state index contributed by atoms with van der Waals surface area (Å²) in [5.74, 6) is 1.98. The Morgan fingerprint density at radius 2 is 1.94 bits per heavy atom. The molecule has 7 atom stereocenters. The smallest absolute Gasteiger partial charge is 0.114 e. The van der Waals surface area contributed by atoms with Gasteiger partial charge in [-0.15, -0.1) is 0 Å². The van der Waals surface area contributed by atoms with Crippen molar-refractivity contribution in [1.82, 2.24) is 0 Å². The van der Waals surface area contributed by atoms with Crippen LogP contribution in [0.5, 0.6) is 0 Å². The second kappa shape index (κ2) is 12.0. The quantitative estimate of drug-likeness (QED) is 0.321. The molecule has 3 fully saturated rings. The van der Waals surface area contributed by atoms with Gasteiger partial charge in [-0.05, 0) is 93.1 Å². The van der Waals surface area contributed by atoms with Crippen LogP contribution in [-0.2, 0) is 4.74 Å². The third-order valence-corrected chi connectivity index (χ3v) is 9.17. The lowest BCUT2D eigenvalue weighted by Crippen LogP contribution is -2.45. The van der Waals surface area contributed by atoms with E-state index in [-0.39, 0.29) is 6.61 Å². The lowest BCUT2D eigenvalue weighted by atomic mass is 9.60. The molecule has 5 nitrogen and oxygen atoms in total. The predicted octanol–water partition coefficient (Wildman–Crippen LogP) is 5.08. The van der Waals surface area contributed by atoms with E-state index in [0.717, 1.165) is 30.8 Å². The van der Waals surface area contributed by atoms with Crippen molar-refractivity contribution in [3.8, 4) is 0 Å². The first kappa shape index (κ1) is 28.6. The van der Waals surface area contributed by atoms with Gasteiger partial charge in [0.05, 0.1) is 11.7 Å². The molecular weight excluding hydrogens is 440 g/mol. The monoisotopic (exact) mass is 490 g/mol. The SMILES string of the molecule is C=C1C(=CC=C2CCC[C@@]3(C)C2CCC3[C@H](C)CCCC(C)(C)O)C[C@@H](O)[C@@H](OCCCO)[C@@H]1O. The lowest BCUT2D eigenvalue weighted by molar-refractivity contribution is -0.0968. The molecule has 4 N–H and O–H groups in total. The topological polar surface area (TPSA) is 90.2 Å². The molecule has 0 aromatic rings. The van der Waals surface area contributed by atoms with Crippen molar-refractivity contribution in [2.75, 3.05) is 13.2 Å². The van der Waals surface area contributed by atoms with Crippen molar-refractivity contribution in [1.29, 1.82) is 0 Å². The maximum absolute atomic E-state index is 10.7. The Labute approximate surface area is 213 Å². The molecule has 0 radical (unpaired) electrons. The molecule has 0 saturated heterocycles. The van der Waals surface area contributed by atoms with Crippen LogP contribution in [0, 0.1) is 23.2 Å². The highest BCUT2D eigenvalue weighted by Crippen LogP contribution is 2.60. The zero-order valence-corrected chi connectivity index (χ0v) is 22.5. The average molecular weight is 491 g/mol. The van der Waals surface area contributed by atoms with E-state index in [2.05, 4.69) is 32.6 Å². The van der Waals surface area contributed by atoms with Crippen molar-refractivity contribution in [3.63, 3.8) is 0 Å². The van der Waals surface area contributed by atoms with Gasteiger partial charge in [-0.2, -0.15) is 0 Å². The van der Waals surface area contributed by atoms with Gasteiger partial charge >= 0.3 is 0 Å². The van der Waals surface area contributed by atoms with E-state index in [9.17, 15) is 15.3 Å². The molecule has 0 spiro atoms. The van der Waals surface area contributed by atoms with E-state index in [1.54, 1.807) is 0 Å². The number of hydrogen-bond acceptors (Lipinski definition) is 5. The lowest BCUT2D eigenvalue weighted by Gasteiger charge is -2.44. The predicted molar refractivity (Wildman–Crippen MR) is 141 cm³/mol. The van der Waals surface area contributed by atoms with Crippen LogP contribution in [0.15, 0.2) is 35.5 Å². The third kappa shape index (κ3) is 6.87. The maximum Gasteiger partial charge on any atom is 0.114 e. The Kier molecular flexibility index (Phi) is 9.84. The molecule has 0 heterocycles. The summed E-state index contributed by atoms with van der Waals surface area (Å²) in [6.07, 6.45) is 12.1. The Morgan fingerprint density at radius 1 is 1.20 bits per heavy atom. The van der Waals surface area contributed by atoms with E-state index in [0.29, 0.717) is 42.3 Å². The minimum absolute atomic E-state index is 0.0269. The first-order chi connectivity index (χ1) is 16.5. The van der Waals surface area contributed by atoms with Crippen molar-refractivity contribution < 1.29 is 25.2 Å². The fraction of sp³-hybridized carbons (Fsp3) is 0.800. The van der Waals surface area contributed by atoms with Crippen molar-refractivity contribution in [3.05, 3.63) is 35.5 Å². The van der Waals surface area contributed by atoms with Crippen LogP contribution in [0.1, 0.15) is 91.9 Å². The van der Waals surface area contributed by atoms with Crippen molar-refractivity contribution >= 4 is 0 Å². The van der Waals surface area contributed by atoms with Gasteiger partial charge in [0, 0.05) is 19.6 Å². The minimum Gasteiger partial charge on any atom is -0.396 e. The highest BCUT2D eigenvalue weighted by atomic mass is 16.5. The fourth-order valence-electron chi connectivity index (χ4n) is 7.21. The molecule has 5 heteroatoms. The van der Waals surface area contributed by atoms with Gasteiger partial charge in [-0.25, -0.2) is 0 Å². The minimum atomic E-state index is -0.931. The second-order valence-corrected chi connectivity index (χ2v) is 12.4. The average Bonchev–Trinajstić information content (AvgIpc) is 3.14. The molecule has 0 aromatic carbocycles. The van der Waals surface area contributed by atoms with Crippen LogP contribution < -0.4 is 0 Å². The van der Waals surface area contributed by atoms with Crippen LogP contribution in [0.3, 0.4) is 0 Å². The van der Waals surface area contributed by atoms with Gasteiger partial charge in [0.2, 0.25) is 0 Å². The number of allylic oxidation sites excluding steroid dienone is 3. The Hall–Kier alpha value is -0.980. The molecule has 3 aliphatic carbocycles. The highest BCUT2D eigenvalue weighted by Gasteiger charge is 2.50. The van der Waals surface area contributed by atoms with Crippen LogP contribution in [-0.4, -0.2) is 57.6 Å². The van der Waals surface area contributed by atoms with E-state index in [1.165, 1.54) is 37.7 Å². The van der Waals surface area contributed by atoms with Gasteiger partial charge in [0.15, 0.2) is 0 Å². The van der Waals surface area contributed by atoms with Gasteiger partial charge < -0.3 is 25.2 Å². The highest BCUT2D eigenvalue weighted by molar-refractivity contribution is 5.40. The van der Waals surface area contributed by atoms with Crippen LogP contribution in [0.4, 0.5) is 0 Å². The molecule has 0 aromatic heterocycles. The van der Waals surface area contributed by atoms with Crippen molar-refractivity contribution in [2.24, 2.45) is 23.2 Å². The summed E-state index contributed by atoms with van der Waals surface area (Å²) in [6.45, 7) is 13.2. The molecule has 0 aliphatic heterocycles. The number of aliphatic hydroxyl groups is 4. The number of aliphatic hydroxyl groups excluding tert-OH is 3. The second-order valence-electron chi connectivity index (χ2n) is 12.4. The van der Waals surface area contributed by atoms with E-state index in [1.807, 2.05) is 13.8 Å². The fourth-order valence-corrected chi connectivity index (χ4v) is 7.21. The molecule has 0 amide bonds. The first-order valence-corrected chi connectivity index (χ1v) is 13.9. The third-order valence-electron chi connectivity index (χ3n) is 9.17. The molecular formula is C30H50O5. The van der Waals surface area contributed by atoms with Gasteiger partial charge in [0.1, 0.15) is 12.2 Å². The van der Waals surface area contributed by atoms with Crippen molar-refractivity contribution in [2.45, 2.75) is 116 Å². The Balaban J connectivity index is 1.67. The van der Waals surface area contributed by atoms with E-state index in [4.69, 9.17) is 9.84 Å². The molecule has 200 valence electrons. The van der Waals surface area contributed by atoms with Gasteiger partial charge in [-0.3, -0.25) is 0 Å². The number of rotatable bonds is 10. The summed E-state index contributed by atoms with van der Waals surface area (Å²) in [5.41, 5.74) is 2.79. The molecule has 3 rings (SSSR count). The molecule has 3 aliphatic rings. The summed E-state index contributed by atoms with van der Waals surface area (Å²) in [5, 5.41) is 40.4. The van der Waals surface area contributed by atoms with E-state index >= 15 is 0 Å². The summed E-state index contributed by atoms with van der Waals surface area (Å²) >= 11 is 0. The number of hydrogen-bond donors (Lipinski definition) is 4. The van der Waals surface area contributed by atoms with Crippen LogP contribution in [0.25, 0.3) is 0 Å². The summed E-state index contributed by atoms with van der Waals surface area (Å²) in [7, 11) is 0. The summed E-state index contributed by atoms with van der Waals surface area (Å²) < 4.78 is 5.63. The largest absolute Gasteiger partial charge is 0.396 e. The zero-order chi connectivity index (χ0) is 25.8. The maximum atomic E-state index is 10.7. The standard InChI is InChI=1S/C30H50O5/c1-20(9-6-15-29(3,4)34)24-13-14-25-22(10-7-16-30(24,25)5)11-12-23-19-26(32)28(27(33)21(23)2)35-18-8-17-31/h11-12,20,24-28,31-34H,2,6-10,13-19H2,1,3-5H3/t20-,24?,25?,26-,27-,28-,30-/m1/s1. The van der Waals surface area contributed by atoms with Gasteiger partial charge in [0.25, 0.3) is 0 Å². The van der Waals surface area contributed by atoms with E-state index < -0.39 is 23.9 Å². The first-order valence-electron chi connectivity index (χ1n) is 13.9. The number of ether oxygens (including phenoxy) is 1. The number of fused-ring (bicyclic) bond motifs is 1. The molecule has 3 saturated carbocycles. The molecule has 2 unspecified atom stereocenters. The normalized spacial score (nSPS) is 37.1. The van der Waals surface area contributed by atoms with Gasteiger partial charge in [-0.1, -0.05) is 51.0 Å². The summed E-state index contributed by atoms with van der Waals surface area (Å²) in [4.78, 5) is 0. The van der Waals surface area contributed by atoms with Crippen LogP contribution >= 0.6 is 0 Å².